The highest BCUT2D eigenvalue weighted by Crippen LogP contribution is 2.61. The second kappa shape index (κ2) is 7.25. The number of amides is 1. The highest BCUT2D eigenvalue weighted by Gasteiger charge is 2.54. The molecule has 2 fully saturated rings. The van der Waals surface area contributed by atoms with Crippen LogP contribution in [0.1, 0.15) is 53.0 Å². The van der Waals surface area contributed by atoms with E-state index in [0.29, 0.717) is 40.3 Å². The van der Waals surface area contributed by atoms with Crippen LogP contribution in [0.5, 0.6) is 0 Å². The highest BCUT2D eigenvalue weighted by atomic mass is 16.6. The molecule has 8 nitrogen and oxygen atoms in total. The number of aromatic nitrogens is 3. The Kier molecular flexibility index (Phi) is 4.34. The van der Waals surface area contributed by atoms with Crippen molar-refractivity contribution in [2.24, 2.45) is 11.3 Å². The van der Waals surface area contributed by atoms with Crippen molar-refractivity contribution in [3.8, 4) is 0 Å². The molecule has 0 bridgehead atoms. The summed E-state index contributed by atoms with van der Waals surface area (Å²) in [6, 6.07) is 8.92. The van der Waals surface area contributed by atoms with Crippen LogP contribution in [0.4, 0.5) is 0 Å². The van der Waals surface area contributed by atoms with E-state index in [2.05, 4.69) is 15.3 Å². The van der Waals surface area contributed by atoms with Crippen LogP contribution in [0, 0.1) is 11.3 Å². The average Bonchev–Trinajstić information content (AvgIpc) is 3.18. The number of piperidine rings is 1. The Morgan fingerprint density at radius 3 is 2.78 bits per heavy atom. The number of hydrogen-bond acceptors (Lipinski definition) is 7. The molecule has 1 aromatic carbocycles. The van der Waals surface area contributed by atoms with Gasteiger partial charge in [-0.1, -0.05) is 0 Å². The second-order valence-corrected chi connectivity index (χ2v) is 9.01. The van der Waals surface area contributed by atoms with Crippen LogP contribution in [-0.2, 0) is 0 Å². The summed E-state index contributed by atoms with van der Waals surface area (Å²) in [5, 5.41) is 8.51. The molecule has 1 amide bonds. The zero-order valence-electron chi connectivity index (χ0n) is 17.5. The molecule has 4 aromatic rings. The standard InChI is InChI=1S/C24H22N4O4/c29-20(21-12-15-5-8-25-14-22(15)31-21)4-2-17-13-24(17)6-9-28(10-7-24)23(30)16-1-3-18-19(11-16)27-32-26-18/h1,3,5,8,11-12,14,17H,2,4,6-7,9-10,13H2. The normalized spacial score (nSPS) is 19.6. The Bertz CT molecular complexity index is 1300. The maximum absolute atomic E-state index is 12.9. The predicted octanol–water partition coefficient (Wildman–Crippen LogP) is 4.27. The first-order chi connectivity index (χ1) is 15.6. The van der Waals surface area contributed by atoms with E-state index in [4.69, 9.17) is 9.05 Å². The number of fused-ring (bicyclic) bond motifs is 2. The summed E-state index contributed by atoms with van der Waals surface area (Å²) in [4.78, 5) is 31.5. The first kappa shape index (κ1) is 19.2. The molecule has 1 saturated heterocycles. The number of ketones is 1. The molecule has 1 atom stereocenters. The average molecular weight is 430 g/mol. The number of carbonyl (C=O) groups is 2. The van der Waals surface area contributed by atoms with E-state index in [9.17, 15) is 9.59 Å². The number of hydrogen-bond donors (Lipinski definition) is 0. The van der Waals surface area contributed by atoms with Crippen molar-refractivity contribution < 1.29 is 18.6 Å². The van der Waals surface area contributed by atoms with Gasteiger partial charge in [-0.05, 0) is 77.7 Å². The molecule has 3 aromatic heterocycles. The van der Waals surface area contributed by atoms with Crippen molar-refractivity contribution in [1.29, 1.82) is 0 Å². The molecule has 6 rings (SSSR count). The SMILES string of the molecule is O=C(CCC1CC12CCN(C(=O)c1ccc3nonc3c1)CC2)c1cc2ccncc2o1. The van der Waals surface area contributed by atoms with Crippen molar-refractivity contribution >= 4 is 33.7 Å². The number of benzene rings is 1. The van der Waals surface area contributed by atoms with Crippen molar-refractivity contribution in [3.05, 3.63) is 54.0 Å². The molecule has 2 aliphatic rings. The van der Waals surface area contributed by atoms with Gasteiger partial charge in [-0.3, -0.25) is 14.6 Å². The van der Waals surface area contributed by atoms with Crippen LogP contribution in [0.25, 0.3) is 22.0 Å². The molecule has 0 radical (unpaired) electrons. The van der Waals surface area contributed by atoms with Gasteiger partial charge in [-0.15, -0.1) is 0 Å². The third-order valence-electron chi connectivity index (χ3n) is 7.22. The molecule has 32 heavy (non-hydrogen) atoms. The summed E-state index contributed by atoms with van der Waals surface area (Å²) in [6.07, 6.45) is 7.82. The Morgan fingerprint density at radius 2 is 1.94 bits per heavy atom. The topological polar surface area (TPSA) is 102 Å². The Balaban J connectivity index is 1.03. The van der Waals surface area contributed by atoms with Gasteiger partial charge in [0.25, 0.3) is 5.91 Å². The van der Waals surface area contributed by atoms with Crippen LogP contribution >= 0.6 is 0 Å². The lowest BCUT2D eigenvalue weighted by Gasteiger charge is -2.33. The van der Waals surface area contributed by atoms with E-state index in [0.717, 1.165) is 44.2 Å². The molecule has 4 heterocycles. The molecule has 0 N–H and O–H groups in total. The quantitative estimate of drug-likeness (QED) is 0.436. The summed E-state index contributed by atoms with van der Waals surface area (Å²) < 4.78 is 10.4. The van der Waals surface area contributed by atoms with Crippen LogP contribution in [-0.4, -0.2) is 45.0 Å². The summed E-state index contributed by atoms with van der Waals surface area (Å²) in [6.45, 7) is 1.49. The smallest absolute Gasteiger partial charge is 0.253 e. The summed E-state index contributed by atoms with van der Waals surface area (Å²) in [7, 11) is 0. The number of carbonyl (C=O) groups excluding carboxylic acids is 2. The maximum atomic E-state index is 12.9. The fraction of sp³-hybridized carbons (Fsp3) is 0.375. The van der Waals surface area contributed by atoms with E-state index >= 15 is 0 Å². The van der Waals surface area contributed by atoms with Gasteiger partial charge >= 0.3 is 0 Å². The Labute approximate surface area is 183 Å². The lowest BCUT2D eigenvalue weighted by atomic mass is 9.89. The van der Waals surface area contributed by atoms with E-state index in [1.54, 1.807) is 36.7 Å². The van der Waals surface area contributed by atoms with Crippen LogP contribution < -0.4 is 0 Å². The summed E-state index contributed by atoms with van der Waals surface area (Å²) in [5.41, 5.74) is 2.79. The van der Waals surface area contributed by atoms with E-state index in [-0.39, 0.29) is 17.1 Å². The third-order valence-corrected chi connectivity index (χ3v) is 7.22. The van der Waals surface area contributed by atoms with E-state index < -0.39 is 0 Å². The lowest BCUT2D eigenvalue weighted by Crippen LogP contribution is -2.39. The number of rotatable bonds is 5. The number of Topliss-reactive ketones (excluding diaryl/α,β-unsaturated/α-hetero) is 1. The molecule has 1 saturated carbocycles. The van der Waals surface area contributed by atoms with Crippen LogP contribution in [0.3, 0.4) is 0 Å². The Morgan fingerprint density at radius 1 is 1.09 bits per heavy atom. The number of pyridine rings is 1. The zero-order valence-corrected chi connectivity index (χ0v) is 17.5. The molecule has 8 heteroatoms. The largest absolute Gasteiger partial charge is 0.451 e. The molecule has 162 valence electrons. The van der Waals surface area contributed by atoms with Gasteiger partial charge in [0.05, 0.1) is 6.20 Å². The number of nitrogens with zero attached hydrogens (tertiary/aromatic N) is 4. The van der Waals surface area contributed by atoms with Gasteiger partial charge in [-0.25, -0.2) is 4.63 Å². The molecular formula is C24H22N4O4. The molecule has 1 aliphatic carbocycles. The number of likely N-dealkylation sites (tertiary alicyclic amines) is 1. The third kappa shape index (κ3) is 3.26. The van der Waals surface area contributed by atoms with Gasteiger partial charge in [0.15, 0.2) is 17.1 Å². The minimum atomic E-state index is 0.0245. The number of furan rings is 1. The van der Waals surface area contributed by atoms with Gasteiger partial charge in [0.1, 0.15) is 11.0 Å². The first-order valence-electron chi connectivity index (χ1n) is 11.0. The van der Waals surface area contributed by atoms with Crippen LogP contribution in [0.15, 0.2) is 51.8 Å². The van der Waals surface area contributed by atoms with Crippen molar-refractivity contribution in [1.82, 2.24) is 20.2 Å². The molecular weight excluding hydrogens is 408 g/mol. The fourth-order valence-electron chi connectivity index (χ4n) is 5.16. The van der Waals surface area contributed by atoms with Gasteiger partial charge in [0, 0.05) is 36.7 Å². The molecule has 1 unspecified atom stereocenters. The van der Waals surface area contributed by atoms with Crippen molar-refractivity contribution in [2.75, 3.05) is 13.1 Å². The van der Waals surface area contributed by atoms with E-state index in [1.807, 2.05) is 11.0 Å². The maximum Gasteiger partial charge on any atom is 0.253 e. The lowest BCUT2D eigenvalue weighted by molar-refractivity contribution is 0.0668. The van der Waals surface area contributed by atoms with E-state index in [1.165, 1.54) is 0 Å². The van der Waals surface area contributed by atoms with Gasteiger partial charge in [-0.2, -0.15) is 0 Å². The summed E-state index contributed by atoms with van der Waals surface area (Å²) >= 11 is 0. The molecule has 1 spiro atoms. The van der Waals surface area contributed by atoms with Crippen molar-refractivity contribution in [3.63, 3.8) is 0 Å². The minimum absolute atomic E-state index is 0.0245. The van der Waals surface area contributed by atoms with Crippen molar-refractivity contribution in [2.45, 2.75) is 32.1 Å². The Hall–Kier alpha value is -3.55. The summed E-state index contributed by atoms with van der Waals surface area (Å²) in [5.74, 6) is 1.04. The minimum Gasteiger partial charge on any atom is -0.451 e. The van der Waals surface area contributed by atoms with Gasteiger partial charge < -0.3 is 9.32 Å². The van der Waals surface area contributed by atoms with Gasteiger partial charge in [0.2, 0.25) is 0 Å². The van der Waals surface area contributed by atoms with Crippen LogP contribution in [0.2, 0.25) is 0 Å². The second-order valence-electron chi connectivity index (χ2n) is 9.01. The monoisotopic (exact) mass is 430 g/mol. The predicted molar refractivity (Wildman–Crippen MR) is 115 cm³/mol. The first-order valence-corrected chi connectivity index (χ1v) is 11.0. The zero-order chi connectivity index (χ0) is 21.7. The molecule has 1 aliphatic heterocycles. The highest BCUT2D eigenvalue weighted by molar-refractivity contribution is 5.98. The fourth-order valence-corrected chi connectivity index (χ4v) is 5.16.